The largest absolute Gasteiger partial charge is 0.392 e. The predicted octanol–water partition coefficient (Wildman–Crippen LogP) is 2.24. The van der Waals surface area contributed by atoms with Crippen molar-refractivity contribution >= 4 is 23.3 Å². The molecule has 1 spiro atoms. The van der Waals surface area contributed by atoms with Gasteiger partial charge in [-0.25, -0.2) is 4.98 Å². The average molecular weight is 336 g/mol. The monoisotopic (exact) mass is 336 g/mol. The van der Waals surface area contributed by atoms with Crippen LogP contribution in [0.2, 0.25) is 0 Å². The summed E-state index contributed by atoms with van der Waals surface area (Å²) in [6.45, 7) is 5.99. The van der Waals surface area contributed by atoms with Gasteiger partial charge in [-0.3, -0.25) is 4.79 Å². The van der Waals surface area contributed by atoms with Gasteiger partial charge in [-0.15, -0.1) is 11.3 Å². The first-order valence-corrected chi connectivity index (χ1v) is 9.06. The predicted molar refractivity (Wildman–Crippen MR) is 90.2 cm³/mol. The number of likely N-dealkylation sites (tertiary alicyclic amines) is 1. The molecular weight excluding hydrogens is 312 g/mol. The molecule has 1 N–H and O–H groups in total. The number of hydrogen-bond donors (Lipinski definition) is 1. The van der Waals surface area contributed by atoms with E-state index in [0.717, 1.165) is 29.1 Å². The molecule has 1 aliphatic carbocycles. The van der Waals surface area contributed by atoms with Crippen molar-refractivity contribution in [1.29, 1.82) is 0 Å². The Morgan fingerprint density at radius 3 is 2.87 bits per heavy atom. The smallest absolute Gasteiger partial charge is 0.246 e. The molecular formula is C17H24N2O3S. The topological polar surface area (TPSA) is 62.7 Å². The molecule has 5 nitrogen and oxygen atoms in total. The second kappa shape index (κ2) is 6.71. The maximum Gasteiger partial charge on any atom is 0.246 e. The molecule has 6 heteroatoms. The molecule has 2 fully saturated rings. The Morgan fingerprint density at radius 1 is 1.57 bits per heavy atom. The second-order valence-electron chi connectivity index (χ2n) is 6.37. The van der Waals surface area contributed by atoms with E-state index >= 15 is 0 Å². The zero-order valence-corrected chi connectivity index (χ0v) is 14.5. The fourth-order valence-corrected chi connectivity index (χ4v) is 4.36. The summed E-state index contributed by atoms with van der Waals surface area (Å²) in [5, 5.41) is 11.2. The van der Waals surface area contributed by atoms with Gasteiger partial charge in [0.25, 0.3) is 0 Å². The van der Waals surface area contributed by atoms with E-state index in [1.54, 1.807) is 23.6 Å². The molecule has 1 aromatic rings. The van der Waals surface area contributed by atoms with E-state index < -0.39 is 0 Å². The highest BCUT2D eigenvalue weighted by Crippen LogP contribution is 2.50. The van der Waals surface area contributed by atoms with Gasteiger partial charge in [0.2, 0.25) is 5.91 Å². The van der Waals surface area contributed by atoms with Crippen LogP contribution in [0.15, 0.2) is 12.3 Å². The van der Waals surface area contributed by atoms with Crippen LogP contribution >= 0.6 is 11.3 Å². The highest BCUT2D eigenvalue weighted by Gasteiger charge is 2.56. The van der Waals surface area contributed by atoms with Crippen molar-refractivity contribution in [2.24, 2.45) is 5.41 Å². The molecule has 1 saturated heterocycles. The number of aliphatic hydroxyl groups is 1. The Morgan fingerprint density at radius 2 is 2.30 bits per heavy atom. The number of ether oxygens (including phenoxy) is 1. The number of amides is 1. The first kappa shape index (κ1) is 16.6. The lowest BCUT2D eigenvalue weighted by Crippen LogP contribution is -2.62. The number of carbonyl (C=O) groups excluding carboxylic acids is 1. The Labute approximate surface area is 141 Å². The van der Waals surface area contributed by atoms with Crippen LogP contribution < -0.4 is 0 Å². The molecule has 2 aliphatic rings. The molecule has 0 radical (unpaired) electrons. The fraction of sp³-hybridized carbons (Fsp3) is 0.647. The quantitative estimate of drug-likeness (QED) is 0.857. The third-order valence-corrected chi connectivity index (χ3v) is 6.02. The van der Waals surface area contributed by atoms with E-state index in [9.17, 15) is 9.90 Å². The first-order valence-electron chi connectivity index (χ1n) is 8.24. The number of aromatic nitrogens is 1. The van der Waals surface area contributed by atoms with Crippen molar-refractivity contribution < 1.29 is 14.6 Å². The van der Waals surface area contributed by atoms with E-state index in [0.29, 0.717) is 19.7 Å². The molecule has 2 heterocycles. The van der Waals surface area contributed by atoms with Crippen LogP contribution in [0.1, 0.15) is 36.1 Å². The van der Waals surface area contributed by atoms with Gasteiger partial charge in [0.15, 0.2) is 0 Å². The van der Waals surface area contributed by atoms with Crippen LogP contribution in [0.5, 0.6) is 0 Å². The van der Waals surface area contributed by atoms with Gasteiger partial charge in [0.1, 0.15) is 0 Å². The van der Waals surface area contributed by atoms with Gasteiger partial charge < -0.3 is 14.7 Å². The summed E-state index contributed by atoms with van der Waals surface area (Å²) < 4.78 is 5.76. The van der Waals surface area contributed by atoms with Crippen molar-refractivity contribution in [3.63, 3.8) is 0 Å². The van der Waals surface area contributed by atoms with Gasteiger partial charge in [0, 0.05) is 48.7 Å². The van der Waals surface area contributed by atoms with E-state index in [4.69, 9.17) is 4.74 Å². The van der Waals surface area contributed by atoms with Crippen molar-refractivity contribution in [2.75, 3.05) is 19.7 Å². The normalized spacial score (nSPS) is 26.7. The second-order valence-corrected chi connectivity index (χ2v) is 7.64. The molecule has 1 aliphatic heterocycles. The molecule has 0 aromatic carbocycles. The van der Waals surface area contributed by atoms with E-state index in [1.165, 1.54) is 0 Å². The van der Waals surface area contributed by atoms with Gasteiger partial charge in [-0.2, -0.15) is 0 Å². The van der Waals surface area contributed by atoms with Gasteiger partial charge in [-0.1, -0.05) is 0 Å². The maximum atomic E-state index is 12.3. The minimum absolute atomic E-state index is 0.0349. The van der Waals surface area contributed by atoms with E-state index in [-0.39, 0.29) is 23.5 Å². The average Bonchev–Trinajstić information content (AvgIpc) is 2.98. The number of piperidine rings is 1. The molecule has 1 amide bonds. The minimum atomic E-state index is -0.285. The standard InChI is InChI=1S/C17H24N2O3S/c1-3-22-15-10-14(20)17(15)6-8-19(9-7-17)16(21)5-4-13-11-18-12(2)23-13/h4-5,11,14-15,20H,3,6-10H2,1-2H3/b5-4+. The third-order valence-electron chi connectivity index (χ3n) is 5.15. The van der Waals surface area contributed by atoms with Crippen molar-refractivity contribution in [1.82, 2.24) is 9.88 Å². The maximum absolute atomic E-state index is 12.3. The molecule has 1 aromatic heterocycles. The highest BCUT2D eigenvalue weighted by molar-refractivity contribution is 7.12. The fourth-order valence-electron chi connectivity index (χ4n) is 3.67. The SMILES string of the molecule is CCOC1CC(O)C12CCN(C(=O)/C=C/c1cnc(C)s1)CC2. The van der Waals surface area contributed by atoms with Crippen LogP contribution in [-0.4, -0.2) is 52.8 Å². The number of nitrogens with zero attached hydrogens (tertiary/aromatic N) is 2. The summed E-state index contributed by atoms with van der Waals surface area (Å²) in [6, 6.07) is 0. The van der Waals surface area contributed by atoms with Crippen LogP contribution in [0, 0.1) is 12.3 Å². The number of aryl methyl sites for hydroxylation is 1. The molecule has 0 bridgehead atoms. The summed E-state index contributed by atoms with van der Waals surface area (Å²) in [5.74, 6) is 0.0349. The zero-order valence-electron chi connectivity index (χ0n) is 13.7. The highest BCUT2D eigenvalue weighted by atomic mass is 32.1. The van der Waals surface area contributed by atoms with Crippen LogP contribution in [0.3, 0.4) is 0 Å². The molecule has 2 unspecified atom stereocenters. The molecule has 126 valence electrons. The third kappa shape index (κ3) is 3.20. The Hall–Kier alpha value is -1.24. The van der Waals surface area contributed by atoms with E-state index in [2.05, 4.69) is 4.98 Å². The molecule has 2 atom stereocenters. The number of hydrogen-bond acceptors (Lipinski definition) is 5. The van der Waals surface area contributed by atoms with Crippen molar-refractivity contribution in [3.8, 4) is 0 Å². The Bertz CT molecular complexity index is 588. The summed E-state index contributed by atoms with van der Waals surface area (Å²) in [5.41, 5.74) is -0.134. The summed E-state index contributed by atoms with van der Waals surface area (Å²) in [6.07, 6.45) is 7.47. The molecule has 1 saturated carbocycles. The van der Waals surface area contributed by atoms with Crippen molar-refractivity contribution in [3.05, 3.63) is 22.2 Å². The number of thiazole rings is 1. The Balaban J connectivity index is 1.56. The zero-order chi connectivity index (χ0) is 16.4. The van der Waals surface area contributed by atoms with Gasteiger partial charge >= 0.3 is 0 Å². The molecule has 23 heavy (non-hydrogen) atoms. The lowest BCUT2D eigenvalue weighted by atomic mass is 9.58. The lowest BCUT2D eigenvalue weighted by Gasteiger charge is -2.56. The van der Waals surface area contributed by atoms with Crippen LogP contribution in [0.4, 0.5) is 0 Å². The van der Waals surface area contributed by atoms with Crippen molar-refractivity contribution in [2.45, 2.75) is 45.3 Å². The summed E-state index contributed by atoms with van der Waals surface area (Å²) in [7, 11) is 0. The summed E-state index contributed by atoms with van der Waals surface area (Å²) in [4.78, 5) is 19.4. The van der Waals surface area contributed by atoms with Crippen LogP contribution in [-0.2, 0) is 9.53 Å². The first-order chi connectivity index (χ1) is 11.0. The molecule has 3 rings (SSSR count). The number of rotatable bonds is 4. The Kier molecular flexibility index (Phi) is 4.85. The minimum Gasteiger partial charge on any atom is -0.392 e. The van der Waals surface area contributed by atoms with Gasteiger partial charge in [0.05, 0.1) is 17.2 Å². The summed E-state index contributed by atoms with van der Waals surface area (Å²) >= 11 is 1.58. The number of aliphatic hydroxyl groups excluding tert-OH is 1. The number of carbonyl (C=O) groups is 1. The van der Waals surface area contributed by atoms with E-state index in [1.807, 2.05) is 24.8 Å². The van der Waals surface area contributed by atoms with Crippen LogP contribution in [0.25, 0.3) is 6.08 Å². The van der Waals surface area contributed by atoms with Gasteiger partial charge in [-0.05, 0) is 32.8 Å². The lowest BCUT2D eigenvalue weighted by molar-refractivity contribution is -0.209.